The van der Waals surface area contributed by atoms with Crippen molar-refractivity contribution in [2.75, 3.05) is 85.9 Å². The summed E-state index contributed by atoms with van der Waals surface area (Å²) < 4.78 is 101. The third kappa shape index (κ3) is 21.8. The van der Waals surface area contributed by atoms with Gasteiger partial charge in [0.25, 0.3) is 5.89 Å². The van der Waals surface area contributed by atoms with E-state index in [-0.39, 0.29) is 35.2 Å². The first-order valence-electron chi connectivity index (χ1n) is 43.1. The molecule has 18 rings (SSSR count). The van der Waals surface area contributed by atoms with Crippen molar-refractivity contribution in [2.24, 2.45) is 0 Å². The second kappa shape index (κ2) is 41.1. The Balaban J connectivity index is 0.000000136. The fourth-order valence-electron chi connectivity index (χ4n) is 15.1. The summed E-state index contributed by atoms with van der Waals surface area (Å²) in [6.45, 7) is 19.1. The van der Waals surface area contributed by atoms with Crippen LogP contribution in [-0.2, 0) is 0 Å². The first-order valence-corrected chi connectivity index (χ1v) is 43.1. The molecule has 5 heterocycles. The molecule has 24 heteroatoms. The molecule has 22 nitrogen and oxygen atoms in total. The molecule has 676 valence electrons. The Morgan fingerprint density at radius 1 is 0.406 bits per heavy atom. The van der Waals surface area contributed by atoms with Gasteiger partial charge in [-0.1, -0.05) is 121 Å². The molecular formula is C109H97F2N4O18-. The SMILES string of the molecule is Cc1ccccc1OCCOc1cc(-c2c3cc(F)c(=O)cc-3oc3cc(O)c(F)cc23)ccc1C.Cc1ccccc1OCCOc1cc(-c2c3ccc(=[N+](C)C)cc-3oc3cc(N(C)C)ccc23)ccc1C.Cc1ccccc1OCCOc1cc(-c2cc3ccc(C(=O)[O-])cc3[nH]2)ccc1C.Cc1ccccc1OCCOc1cc2cc(-c3ncc(C(=O)[O-])o3)oc2cc1C. The number of hydrogen-bond donors (Lipinski definition) is 2. The molecule has 0 spiro atoms. The maximum Gasteiger partial charge on any atom is 0.263 e. The number of carbonyl (C=O) groups is 2. The van der Waals surface area contributed by atoms with Gasteiger partial charge in [-0.15, -0.1) is 0 Å². The lowest BCUT2D eigenvalue weighted by Crippen LogP contribution is -2.21. The van der Waals surface area contributed by atoms with Crippen molar-refractivity contribution in [3.63, 3.8) is 0 Å². The van der Waals surface area contributed by atoms with E-state index < -0.39 is 34.8 Å². The van der Waals surface area contributed by atoms with Gasteiger partial charge in [-0.05, 0) is 220 Å². The van der Waals surface area contributed by atoms with Crippen LogP contribution in [-0.4, -0.2) is 108 Å². The molecule has 0 radical (unpaired) electrons. The van der Waals surface area contributed by atoms with Crippen LogP contribution in [0.4, 0.5) is 14.5 Å². The van der Waals surface area contributed by atoms with Crippen LogP contribution in [0.3, 0.4) is 0 Å². The summed E-state index contributed by atoms with van der Waals surface area (Å²) >= 11 is 0. The van der Waals surface area contributed by atoms with Crippen LogP contribution >= 0.6 is 0 Å². The predicted molar refractivity (Wildman–Crippen MR) is 508 cm³/mol. The first kappa shape index (κ1) is 91.6. The summed E-state index contributed by atoms with van der Waals surface area (Å²) in [5.41, 5.74) is 17.5. The number of nitrogens with one attached hydrogen (secondary N) is 1. The highest BCUT2D eigenvalue weighted by Gasteiger charge is 2.25. The molecule has 0 unspecified atom stereocenters. The summed E-state index contributed by atoms with van der Waals surface area (Å²) in [7, 11) is 8.17. The first-order chi connectivity index (χ1) is 64.1. The normalized spacial score (nSPS) is 11.1. The average molecular weight is 1790 g/mol. The monoisotopic (exact) mass is 1790 g/mol. The summed E-state index contributed by atoms with van der Waals surface area (Å²) in [5.74, 6) is 2.29. The molecule has 0 amide bonds. The number of hydrogen-bond acceptors (Lipinski definition) is 20. The summed E-state index contributed by atoms with van der Waals surface area (Å²) in [4.78, 5) is 43.1. The molecule has 0 bridgehead atoms. The molecule has 14 aromatic rings. The van der Waals surface area contributed by atoms with Crippen molar-refractivity contribution >= 4 is 61.4 Å². The number of oxazole rings is 1. The van der Waals surface area contributed by atoms with Crippen LogP contribution in [0.1, 0.15) is 65.4 Å². The fourth-order valence-corrected chi connectivity index (χ4v) is 15.1. The second-order valence-corrected chi connectivity index (χ2v) is 32.3. The molecule has 2 aliphatic carbocycles. The Hall–Kier alpha value is -16.1. The predicted octanol–water partition coefficient (Wildman–Crippen LogP) is 20.8. The number of carboxylic acids is 2. The standard InChI is InChI=1S/C33H35N2O3.C29H22F2O5.C25H23NO4.C22H19NO6/c1-22-9-7-8-10-29(22)36-17-18-37-30-19-24(12-11-23(30)2)33-27-15-13-25(34(3)4)20-31(27)38-32-21-26(35(5)6)14-16-28(32)33;1-16-5-3-4-6-25(16)34-9-10-35-26-11-18(8-7-17(26)2)29-19-12-21(30)23(32)14-27(19)36-28-15-24(33)22(31)13-20(28)29;1-16-5-3-4-6-23(16)29-11-12-30-24-15-19(8-7-17(24)2)21-13-18-9-10-20(25(27)28)14-22(18)26-21;1-13-5-3-4-6-16(13)26-7-8-27-17-10-15-11-19(28-18(15)9-14(17)2)21-23-12-20(29-21)22(24)25/h7-16,19-21H,17-18H2,1-6H3;3-8,11-15,32H,9-10H2,1-2H3;3-10,13-15,26H,11-12H2,1-2H3,(H,27,28);3-6,9-12H,7-8H2,1-2H3,(H,24,25)/q+1;;;/p-2. The number of carboxylic acid groups (broad SMARTS) is 2. The van der Waals surface area contributed by atoms with Crippen LogP contribution in [0, 0.1) is 67.0 Å². The van der Waals surface area contributed by atoms with Gasteiger partial charge in [-0.2, -0.15) is 0 Å². The van der Waals surface area contributed by atoms with E-state index in [4.69, 9.17) is 55.6 Å². The summed E-state index contributed by atoms with van der Waals surface area (Å²) in [5, 5.41) is 36.0. The molecule has 0 fully saturated rings. The molecule has 133 heavy (non-hydrogen) atoms. The van der Waals surface area contributed by atoms with Gasteiger partial charge >= 0.3 is 0 Å². The van der Waals surface area contributed by atoms with E-state index in [1.165, 1.54) is 0 Å². The Kier molecular flexibility index (Phi) is 28.3. The van der Waals surface area contributed by atoms with Crippen molar-refractivity contribution in [1.82, 2.24) is 14.5 Å². The molecule has 0 saturated carbocycles. The molecule has 4 aliphatic rings. The molecule has 3 aromatic heterocycles. The van der Waals surface area contributed by atoms with Crippen LogP contribution in [0.15, 0.2) is 283 Å². The van der Waals surface area contributed by atoms with Gasteiger partial charge in [0.05, 0.1) is 18.2 Å². The fraction of sp³-hybridized carbons (Fsp3) is 0.183. The number of phenols is 1. The number of anilines is 1. The molecule has 0 atom stereocenters. The Labute approximate surface area is 766 Å². The smallest absolute Gasteiger partial charge is 0.263 e. The van der Waals surface area contributed by atoms with Gasteiger partial charge in [-0.3, -0.25) is 4.79 Å². The van der Waals surface area contributed by atoms with Gasteiger partial charge in [0.1, 0.15) is 147 Å². The van der Waals surface area contributed by atoms with Gasteiger partial charge in [0, 0.05) is 105 Å². The highest BCUT2D eigenvalue weighted by Crippen LogP contribution is 2.46. The maximum atomic E-state index is 14.4. The van der Waals surface area contributed by atoms with E-state index in [0.29, 0.717) is 91.2 Å². The zero-order valence-electron chi connectivity index (χ0n) is 75.5. The molecule has 2 aliphatic heterocycles. The minimum Gasteiger partial charge on any atom is -0.545 e. The highest BCUT2D eigenvalue weighted by atomic mass is 19.1. The Morgan fingerprint density at radius 3 is 1.37 bits per heavy atom. The molecule has 2 N–H and O–H groups in total. The molecule has 0 saturated heterocycles. The van der Waals surface area contributed by atoms with Crippen LogP contribution in [0.5, 0.6) is 51.7 Å². The number of benzene rings is 13. The van der Waals surface area contributed by atoms with E-state index in [2.05, 4.69) is 81.0 Å². The average Bonchev–Trinajstić information content (AvgIpc) is 1.65. The van der Waals surface area contributed by atoms with E-state index in [1.54, 1.807) is 36.4 Å². The number of phenolic OH excluding ortho intramolecular Hbond substituents is 1. The zero-order chi connectivity index (χ0) is 93.7. The largest absolute Gasteiger partial charge is 0.545 e. The third-order valence-corrected chi connectivity index (χ3v) is 22.4. The molecule has 11 aromatic carbocycles. The number of ether oxygens (including phenoxy) is 8. The minimum atomic E-state index is -1.43. The van der Waals surface area contributed by atoms with Gasteiger partial charge < -0.3 is 90.4 Å². The number of aromatic amines is 1. The third-order valence-electron chi connectivity index (χ3n) is 22.4. The van der Waals surface area contributed by atoms with E-state index in [1.807, 2.05) is 216 Å². The number of halogens is 2. The number of nitrogens with zero attached hydrogens (tertiary/aromatic N) is 3. The number of rotatable bonds is 27. The number of aromatic carboxylic acids is 2. The lowest BCUT2D eigenvalue weighted by atomic mass is 9.92. The van der Waals surface area contributed by atoms with E-state index >= 15 is 0 Å². The number of fused-ring (bicyclic) bond motifs is 6. The van der Waals surface area contributed by atoms with Crippen LogP contribution in [0.25, 0.3) is 112 Å². The van der Waals surface area contributed by atoms with Crippen molar-refractivity contribution < 1.29 is 89.3 Å². The Morgan fingerprint density at radius 2 is 0.872 bits per heavy atom. The lowest BCUT2D eigenvalue weighted by Gasteiger charge is -2.19. The lowest BCUT2D eigenvalue weighted by molar-refractivity contribution is -0.257. The maximum absolute atomic E-state index is 14.4. The number of para-hydroxylation sites is 4. The summed E-state index contributed by atoms with van der Waals surface area (Å²) in [6, 6.07) is 78.8. The molecular weight excluding hydrogens is 1690 g/mol. The number of aromatic hydroxyl groups is 1. The van der Waals surface area contributed by atoms with Gasteiger partial charge in [0.2, 0.25) is 10.8 Å². The number of H-pyrrole nitrogens is 1. The van der Waals surface area contributed by atoms with E-state index in [9.17, 15) is 38.5 Å². The van der Waals surface area contributed by atoms with E-state index in [0.717, 1.165) is 181 Å². The van der Waals surface area contributed by atoms with Crippen LogP contribution < -0.4 is 68.4 Å². The quantitative estimate of drug-likeness (QED) is 0.0275. The minimum absolute atomic E-state index is 0.0761. The zero-order valence-corrected chi connectivity index (χ0v) is 75.5. The number of carbonyl (C=O) groups excluding carboxylic acids is 2. The topological polar surface area (TPSA) is 279 Å². The van der Waals surface area contributed by atoms with Crippen molar-refractivity contribution in [2.45, 2.75) is 55.4 Å². The van der Waals surface area contributed by atoms with Crippen molar-refractivity contribution in [3.05, 3.63) is 344 Å². The van der Waals surface area contributed by atoms with Crippen LogP contribution in [0.2, 0.25) is 0 Å². The number of aryl methyl sites for hydroxylation is 8. The Bertz CT molecular complexity index is 7380. The van der Waals surface area contributed by atoms with Crippen molar-refractivity contribution in [3.8, 4) is 120 Å². The highest BCUT2D eigenvalue weighted by molar-refractivity contribution is 6.04. The van der Waals surface area contributed by atoms with Gasteiger partial charge in [0.15, 0.2) is 28.9 Å². The summed E-state index contributed by atoms with van der Waals surface area (Å²) in [6.07, 6.45) is 1.09. The second-order valence-electron chi connectivity index (χ2n) is 32.3. The number of furan rings is 1. The van der Waals surface area contributed by atoms with Gasteiger partial charge in [-0.25, -0.2) is 18.3 Å². The van der Waals surface area contributed by atoms with Crippen molar-refractivity contribution in [1.29, 1.82) is 0 Å². The number of aromatic nitrogens is 2.